The predicted molar refractivity (Wildman–Crippen MR) is 143 cm³/mol. The molecule has 1 amide bonds. The Morgan fingerprint density at radius 3 is 2.54 bits per heavy atom. The fourth-order valence-corrected chi connectivity index (χ4v) is 7.73. The van der Waals surface area contributed by atoms with E-state index in [1.54, 1.807) is 10.3 Å². The van der Waals surface area contributed by atoms with Gasteiger partial charge in [0.1, 0.15) is 5.82 Å². The first-order chi connectivity index (χ1) is 17.5. The Labute approximate surface area is 224 Å². The Hall–Kier alpha value is -2.50. The molecule has 1 aromatic carbocycles. The maximum absolute atomic E-state index is 14.6. The first kappa shape index (κ1) is 26.1. The average molecular weight is 569 g/mol. The summed E-state index contributed by atoms with van der Waals surface area (Å²) in [6.45, 7) is 8.31. The second-order valence-electron chi connectivity index (χ2n) is 9.28. The number of rotatable bonds is 3. The third kappa shape index (κ3) is 4.55. The minimum atomic E-state index is -4.64. The number of alkyl halides is 3. The number of amides is 1. The summed E-state index contributed by atoms with van der Waals surface area (Å²) in [6, 6.07) is 2.15. The topological polar surface area (TPSA) is 58.4 Å². The highest BCUT2D eigenvalue weighted by atomic mass is 35.5. The van der Waals surface area contributed by atoms with Crippen LogP contribution in [-0.2, 0) is 17.5 Å². The molecule has 5 rings (SSSR count). The van der Waals surface area contributed by atoms with Crippen molar-refractivity contribution >= 4 is 57.3 Å². The maximum atomic E-state index is 14.6. The normalized spacial score (nSPS) is 20.3. The molecule has 3 aromatic rings. The number of hydrogen-bond donors (Lipinski definition) is 0. The lowest BCUT2D eigenvalue weighted by atomic mass is 10.0. The molecular formula is C25H24ClF3N4O2S2. The van der Waals surface area contributed by atoms with Crippen molar-refractivity contribution < 1.29 is 18.0 Å². The summed E-state index contributed by atoms with van der Waals surface area (Å²) in [5.41, 5.74) is -0.754. The number of piperazine rings is 1. The Kier molecular flexibility index (Phi) is 6.82. The standard InChI is InChI=1S/C25H24ClF3N4O2S2/c1-4-19(34)33-13(2)10-31(11-14(33)3)23-16-9-17(25(27,28)29)20(18-8-15(26)12-37-18)22-21(16)32(24(35)30-23)6-5-7-36-22/h4,8-9,12-14H,1,5-7,10-11H2,2-3H3/t13-,14+. The van der Waals surface area contributed by atoms with Crippen LogP contribution in [0.1, 0.15) is 25.8 Å². The van der Waals surface area contributed by atoms with Crippen molar-refractivity contribution in [1.82, 2.24) is 14.5 Å². The number of aryl methyl sites for hydroxylation is 1. The molecule has 0 spiro atoms. The number of anilines is 1. The van der Waals surface area contributed by atoms with E-state index in [0.29, 0.717) is 52.1 Å². The van der Waals surface area contributed by atoms with Gasteiger partial charge in [0.05, 0.1) is 16.1 Å². The SMILES string of the molecule is C=CC(=O)N1[C@H](C)CN(c2nc(=O)n3c4c(c(-c5cc(Cl)cs5)c(C(F)(F)F)cc24)SCCC3)C[C@@H]1C. The minimum absolute atomic E-state index is 0.0530. The van der Waals surface area contributed by atoms with E-state index in [-0.39, 0.29) is 34.8 Å². The predicted octanol–water partition coefficient (Wildman–Crippen LogP) is 5.90. The van der Waals surface area contributed by atoms with Crippen molar-refractivity contribution in [3.8, 4) is 10.4 Å². The highest BCUT2D eigenvalue weighted by molar-refractivity contribution is 7.99. The lowest BCUT2D eigenvalue weighted by Gasteiger charge is -2.44. The van der Waals surface area contributed by atoms with Gasteiger partial charge in [-0.25, -0.2) is 4.79 Å². The van der Waals surface area contributed by atoms with Crippen molar-refractivity contribution in [3.05, 3.63) is 51.2 Å². The molecule has 196 valence electrons. The summed E-state index contributed by atoms with van der Waals surface area (Å²) in [6.07, 6.45) is -2.76. The van der Waals surface area contributed by atoms with Crippen LogP contribution in [0.25, 0.3) is 21.3 Å². The second-order valence-corrected chi connectivity index (χ2v) is 11.7. The molecule has 0 unspecified atom stereocenters. The highest BCUT2D eigenvalue weighted by Crippen LogP contribution is 2.49. The molecule has 2 aliphatic heterocycles. The summed E-state index contributed by atoms with van der Waals surface area (Å²) in [5.74, 6) is 0.566. The molecule has 0 radical (unpaired) electrons. The van der Waals surface area contributed by atoms with E-state index >= 15 is 0 Å². The number of benzene rings is 1. The van der Waals surface area contributed by atoms with Crippen LogP contribution in [0, 0.1) is 0 Å². The lowest BCUT2D eigenvalue weighted by molar-refractivity contribution is -0.137. The van der Waals surface area contributed by atoms with Gasteiger partial charge in [-0.05, 0) is 44.2 Å². The van der Waals surface area contributed by atoms with Gasteiger partial charge in [0, 0.05) is 57.8 Å². The lowest BCUT2D eigenvalue weighted by Crippen LogP contribution is -2.58. The molecule has 0 aliphatic carbocycles. The number of thioether (sulfide) groups is 1. The van der Waals surface area contributed by atoms with Crippen LogP contribution in [-0.4, -0.2) is 51.3 Å². The molecule has 0 N–H and O–H groups in total. The molecule has 2 aromatic heterocycles. The largest absolute Gasteiger partial charge is 0.417 e. The van der Waals surface area contributed by atoms with E-state index < -0.39 is 17.4 Å². The molecule has 1 fully saturated rings. The highest BCUT2D eigenvalue weighted by Gasteiger charge is 2.39. The van der Waals surface area contributed by atoms with E-state index in [0.717, 1.165) is 17.4 Å². The Bertz CT molecular complexity index is 1460. The van der Waals surface area contributed by atoms with Crippen molar-refractivity contribution in [3.63, 3.8) is 0 Å². The number of nitrogens with zero attached hydrogens (tertiary/aromatic N) is 4. The zero-order chi connectivity index (χ0) is 26.6. The van der Waals surface area contributed by atoms with Crippen LogP contribution >= 0.6 is 34.7 Å². The van der Waals surface area contributed by atoms with Crippen LogP contribution in [0.2, 0.25) is 5.02 Å². The van der Waals surface area contributed by atoms with Crippen LogP contribution in [0.15, 0.2) is 39.9 Å². The van der Waals surface area contributed by atoms with E-state index in [9.17, 15) is 22.8 Å². The summed E-state index contributed by atoms with van der Waals surface area (Å²) < 4.78 is 45.2. The fraction of sp³-hybridized carbons (Fsp3) is 0.400. The number of aromatic nitrogens is 2. The van der Waals surface area contributed by atoms with Crippen LogP contribution in [0.4, 0.5) is 19.0 Å². The quantitative estimate of drug-likeness (QED) is 0.368. The number of thiophene rings is 1. The van der Waals surface area contributed by atoms with Gasteiger partial charge in [-0.15, -0.1) is 23.1 Å². The van der Waals surface area contributed by atoms with Crippen LogP contribution < -0.4 is 10.6 Å². The number of halogens is 4. The molecule has 0 bridgehead atoms. The van der Waals surface area contributed by atoms with Gasteiger partial charge in [-0.1, -0.05) is 18.2 Å². The van der Waals surface area contributed by atoms with E-state index in [1.807, 2.05) is 18.7 Å². The van der Waals surface area contributed by atoms with Gasteiger partial charge in [0.2, 0.25) is 5.91 Å². The Morgan fingerprint density at radius 2 is 1.95 bits per heavy atom. The van der Waals surface area contributed by atoms with Crippen LogP contribution in [0.5, 0.6) is 0 Å². The maximum Gasteiger partial charge on any atom is 0.417 e. The summed E-state index contributed by atoms with van der Waals surface area (Å²) in [7, 11) is 0. The zero-order valence-electron chi connectivity index (χ0n) is 20.1. The monoisotopic (exact) mass is 568 g/mol. The zero-order valence-corrected chi connectivity index (χ0v) is 22.5. The van der Waals surface area contributed by atoms with Crippen molar-refractivity contribution in [1.29, 1.82) is 0 Å². The summed E-state index contributed by atoms with van der Waals surface area (Å²) in [4.78, 5) is 34.3. The van der Waals surface area contributed by atoms with Crippen LogP contribution in [0.3, 0.4) is 0 Å². The van der Waals surface area contributed by atoms with Gasteiger partial charge >= 0.3 is 11.9 Å². The summed E-state index contributed by atoms with van der Waals surface area (Å²) in [5, 5.41) is 2.25. The van der Waals surface area contributed by atoms with E-state index in [4.69, 9.17) is 11.6 Å². The molecule has 1 saturated heterocycles. The smallest absolute Gasteiger partial charge is 0.352 e. The number of carbonyl (C=O) groups excluding carboxylic acids is 1. The molecule has 6 nitrogen and oxygen atoms in total. The van der Waals surface area contributed by atoms with Crippen molar-refractivity contribution in [2.75, 3.05) is 23.7 Å². The summed E-state index contributed by atoms with van der Waals surface area (Å²) >= 11 is 8.58. The van der Waals surface area contributed by atoms with Gasteiger partial charge in [0.25, 0.3) is 0 Å². The van der Waals surface area contributed by atoms with Crippen molar-refractivity contribution in [2.24, 2.45) is 0 Å². The number of carbonyl (C=O) groups is 1. The van der Waals surface area contributed by atoms with Gasteiger partial charge in [-0.2, -0.15) is 18.2 Å². The van der Waals surface area contributed by atoms with E-state index in [2.05, 4.69) is 11.6 Å². The molecule has 37 heavy (non-hydrogen) atoms. The molecule has 0 saturated carbocycles. The average Bonchev–Trinajstić information content (AvgIpc) is 3.13. The molecule has 2 atom stereocenters. The fourth-order valence-electron chi connectivity index (χ4n) is 5.33. The Balaban J connectivity index is 1.79. The van der Waals surface area contributed by atoms with Crippen molar-refractivity contribution in [2.45, 2.75) is 50.0 Å². The van der Waals surface area contributed by atoms with E-state index in [1.165, 1.54) is 28.5 Å². The minimum Gasteiger partial charge on any atom is -0.352 e. The molecule has 2 aliphatic rings. The molecule has 4 heterocycles. The first-order valence-corrected chi connectivity index (χ1v) is 14.0. The first-order valence-electron chi connectivity index (χ1n) is 11.8. The second kappa shape index (κ2) is 9.67. The third-order valence-electron chi connectivity index (χ3n) is 6.74. The van der Waals surface area contributed by atoms with Gasteiger partial charge in [-0.3, -0.25) is 9.36 Å². The van der Waals surface area contributed by atoms with Gasteiger partial charge in [0.15, 0.2) is 0 Å². The van der Waals surface area contributed by atoms with Gasteiger partial charge < -0.3 is 9.80 Å². The molecule has 12 heteroatoms. The third-order valence-corrected chi connectivity index (χ3v) is 9.21. The Morgan fingerprint density at radius 1 is 1.24 bits per heavy atom. The molecular weight excluding hydrogens is 545 g/mol. The number of hydrogen-bond acceptors (Lipinski definition) is 6.